The van der Waals surface area contributed by atoms with Gasteiger partial charge in [0.15, 0.2) is 34.5 Å². The monoisotopic (exact) mass is 1740 g/mol. The number of carbonyl (C=O) groups is 4. The summed E-state index contributed by atoms with van der Waals surface area (Å²) in [6, 6.07) is 38.6. The van der Waals surface area contributed by atoms with Crippen LogP contribution in [0, 0.1) is 6.92 Å². The molecule has 0 aliphatic carbocycles. The lowest BCUT2D eigenvalue weighted by Crippen LogP contribution is -2.40. The van der Waals surface area contributed by atoms with E-state index in [4.69, 9.17) is 55.1 Å². The smallest absolute Gasteiger partial charge is 0.410 e. The molecule has 3 aromatic heterocycles. The first kappa shape index (κ1) is 94.1. The van der Waals surface area contributed by atoms with Crippen LogP contribution in [0.15, 0.2) is 173 Å². The molecular weight excluding hydrogens is 1640 g/mol. The number of sulfonamides is 3. The number of benzene rings is 6. The maximum atomic E-state index is 13.3. The number of aromatic nitrogens is 6. The highest BCUT2D eigenvalue weighted by Gasteiger charge is 2.28. The number of hydrogen-bond donors (Lipinski definition) is 6. The molecule has 9 N–H and O–H groups in total. The van der Waals surface area contributed by atoms with Gasteiger partial charge in [0.05, 0.1) is 129 Å². The Morgan fingerprint density at radius 1 is 0.430 bits per heavy atom. The molecule has 15 rings (SSSR count). The minimum absolute atomic E-state index is 0. The Bertz CT molecular complexity index is 5350. The zero-order chi connectivity index (χ0) is 86.0. The van der Waals surface area contributed by atoms with Crippen LogP contribution < -0.4 is 37.9 Å². The quantitative estimate of drug-likeness (QED) is 0.0768. The van der Waals surface area contributed by atoms with Crippen molar-refractivity contribution in [2.75, 3.05) is 160 Å². The molecular formula is C83H103ClN16O18S3. The molecule has 0 saturated heterocycles. The number of carbonyl (C=O) groups excluding carboxylic acids is 4. The third-order valence-corrected chi connectivity index (χ3v) is 24.3. The Morgan fingerprint density at radius 2 is 0.810 bits per heavy atom. The second-order valence-corrected chi connectivity index (χ2v) is 35.0. The van der Waals surface area contributed by atoms with E-state index in [1.54, 1.807) is 101 Å². The summed E-state index contributed by atoms with van der Waals surface area (Å²) in [5, 5.41) is 8.41. The largest absolute Gasteiger partial charge is 0.489 e. The molecule has 6 aromatic carbocycles. The highest BCUT2D eigenvalue weighted by molar-refractivity contribution is 7.89. The Balaban J connectivity index is 0.000000207. The van der Waals surface area contributed by atoms with Crippen molar-refractivity contribution in [1.29, 1.82) is 0 Å². The number of hydrogen-bond acceptors (Lipinski definition) is 27. The average Bonchev–Trinajstić information content (AvgIpc) is 0.802. The first-order chi connectivity index (χ1) is 57.4. The van der Waals surface area contributed by atoms with Crippen molar-refractivity contribution in [3.05, 3.63) is 192 Å². The van der Waals surface area contributed by atoms with Crippen molar-refractivity contribution in [1.82, 2.24) is 47.7 Å². The van der Waals surface area contributed by atoms with Gasteiger partial charge in [-0.3, -0.25) is 14.4 Å². The Hall–Kier alpha value is -10.8. The number of nitrogens with zero attached hydrogens (tertiary/aromatic N) is 10. The van der Waals surface area contributed by atoms with E-state index < -0.39 is 59.5 Å². The topological polar surface area (TPSA) is 449 Å². The first-order valence-electron chi connectivity index (χ1n) is 38.8. The van der Waals surface area contributed by atoms with E-state index >= 15 is 0 Å². The standard InChI is InChI=1S/C31H40N6O7S.C27H33N5O5S.C25H29N5O6S.ClH/c1-31(2,3)44-30(39)37-14-6-13-36(4)45(40,41)25-11-9-23(10-12-25)26-20-33-28(32)27(35-26)29(38)34-24-8-5-7-22(19-24)21-43-18-17-42-16-15-37;1-32-13-4-2-3-5-14-36-15-16-37-19-20-7-6-8-22(17-20)30-27(33)25-26(28)29-18-24(31-25)21-9-11-23(12-10-21)38(32,34)35;1-17-4-3-5-20-23(17)36-15-14-35-13-12-34-11-10-30(2)37(32,33)19-8-6-18(7-9-19)21-16-27-24(26)22(28-21)25(31)29-20;/h5,7-12,19-20H,6,13-18,21H2,1-4H3,(H2,32,33)(H,34,38);6-12,17-18H,2-5,13-16,19H2,1H3,(H2,28,29)(H,30,33);3-9,16H,10-15H2,1-2H3,(H2,26,27)(H,29,31);1H. The fourth-order valence-electron chi connectivity index (χ4n) is 12.1. The molecule has 648 valence electrons. The fraction of sp³-hybridized carbons (Fsp3) is 0.373. The molecule has 9 aromatic rings. The molecule has 6 aliphatic rings. The van der Waals surface area contributed by atoms with E-state index in [9.17, 15) is 44.4 Å². The Kier molecular flexibility index (Phi) is 34.7. The van der Waals surface area contributed by atoms with Crippen LogP contribution in [0.1, 0.15) is 101 Å². The van der Waals surface area contributed by atoms with Crippen molar-refractivity contribution in [3.8, 4) is 39.5 Å². The van der Waals surface area contributed by atoms with E-state index in [1.165, 1.54) is 86.9 Å². The van der Waals surface area contributed by atoms with Crippen molar-refractivity contribution >= 4 is 101 Å². The van der Waals surface area contributed by atoms with Gasteiger partial charge in [-0.1, -0.05) is 85.6 Å². The summed E-state index contributed by atoms with van der Waals surface area (Å²) in [5.74, 6) is -1.18. The van der Waals surface area contributed by atoms with Gasteiger partial charge < -0.3 is 75.9 Å². The molecule has 38 heteroatoms. The number of likely N-dealkylation sites (N-methyl/N-ethyl adjacent to an activating group) is 1. The predicted molar refractivity (Wildman–Crippen MR) is 459 cm³/mol. The van der Waals surface area contributed by atoms with Crippen LogP contribution in [0.3, 0.4) is 0 Å². The van der Waals surface area contributed by atoms with Crippen molar-refractivity contribution in [3.63, 3.8) is 0 Å². The van der Waals surface area contributed by atoms with E-state index in [0.29, 0.717) is 136 Å². The number of para-hydroxylation sites is 1. The van der Waals surface area contributed by atoms with E-state index in [1.807, 2.05) is 37.3 Å². The van der Waals surface area contributed by atoms with Crippen molar-refractivity contribution < 1.29 is 82.3 Å². The van der Waals surface area contributed by atoms with Crippen LogP contribution in [0.5, 0.6) is 5.75 Å². The molecule has 6 aliphatic heterocycles. The summed E-state index contributed by atoms with van der Waals surface area (Å²) < 4.78 is 128. The fourth-order valence-corrected chi connectivity index (χ4v) is 15.7. The molecule has 0 radical (unpaired) electrons. The molecule has 0 atom stereocenters. The number of anilines is 6. The molecule has 0 unspecified atom stereocenters. The molecule has 9 heterocycles. The van der Waals surface area contributed by atoms with Crippen LogP contribution in [0.4, 0.5) is 39.3 Å². The maximum Gasteiger partial charge on any atom is 0.410 e. The lowest BCUT2D eigenvalue weighted by molar-refractivity contribution is 0.00890. The van der Waals surface area contributed by atoms with E-state index in [2.05, 4.69) is 45.9 Å². The summed E-state index contributed by atoms with van der Waals surface area (Å²) >= 11 is 0. The molecule has 34 nitrogen and oxygen atoms in total. The summed E-state index contributed by atoms with van der Waals surface area (Å²) in [6.07, 6.45) is 7.74. The highest BCUT2D eigenvalue weighted by Crippen LogP contribution is 2.32. The minimum Gasteiger partial charge on any atom is -0.489 e. The molecule has 0 spiro atoms. The molecule has 16 bridgehead atoms. The van der Waals surface area contributed by atoms with Crippen LogP contribution in [0.25, 0.3) is 33.8 Å². The third kappa shape index (κ3) is 27.1. The zero-order valence-electron chi connectivity index (χ0n) is 68.5. The average molecular weight is 1740 g/mol. The number of nitrogens with two attached hydrogens (primary N) is 3. The highest BCUT2D eigenvalue weighted by atomic mass is 35.5. The lowest BCUT2D eigenvalue weighted by Gasteiger charge is -2.28. The summed E-state index contributed by atoms with van der Waals surface area (Å²) in [6.45, 7) is 13.1. The number of nitrogens with one attached hydrogen (secondary N) is 3. The summed E-state index contributed by atoms with van der Waals surface area (Å²) in [5.41, 5.74) is 24.1. The van der Waals surface area contributed by atoms with Gasteiger partial charge in [-0.2, -0.15) is 4.31 Å². The van der Waals surface area contributed by atoms with Crippen LogP contribution >= 0.6 is 12.4 Å². The molecule has 4 amide bonds. The van der Waals surface area contributed by atoms with Crippen LogP contribution in [0.2, 0.25) is 0 Å². The molecule has 0 saturated carbocycles. The van der Waals surface area contributed by atoms with E-state index in [-0.39, 0.29) is 108 Å². The van der Waals surface area contributed by atoms with Gasteiger partial charge in [-0.05, 0) is 130 Å². The predicted octanol–water partition coefficient (Wildman–Crippen LogP) is 10.2. The molecule has 0 fully saturated rings. The SMILES string of the molecule is CN1CCCCCCOCCOCc2cccc(c2)NC(=O)c2nc(cnc2N)-c2ccc(cc2)S1(=O)=O.CN1CCCN(C(=O)OC(C)(C)C)CCOCCOCc2cccc(c2)NC(=O)c2nc(cnc2N)-c2ccc(cc2)S1(=O)=O.Cc1cccc2c1OCCOCCOCCN(C)S(=O)(=O)c1ccc(cc1)-c1cnc(N)c(n1)C(=O)N2.Cl. The maximum absolute atomic E-state index is 13.3. The van der Waals surface area contributed by atoms with Crippen LogP contribution in [-0.2, 0) is 76.4 Å². The van der Waals surface area contributed by atoms with Gasteiger partial charge in [0, 0.05) is 88.5 Å². The minimum atomic E-state index is -3.83. The van der Waals surface area contributed by atoms with Gasteiger partial charge in [-0.25, -0.2) is 68.6 Å². The van der Waals surface area contributed by atoms with Gasteiger partial charge in [0.1, 0.15) is 18.0 Å². The Labute approximate surface area is 711 Å². The number of nitrogen functional groups attached to an aromatic ring is 3. The van der Waals surface area contributed by atoms with Crippen LogP contribution in [-0.4, -0.2) is 229 Å². The van der Waals surface area contributed by atoms with Gasteiger partial charge in [-0.15, -0.1) is 12.4 Å². The van der Waals surface area contributed by atoms with Gasteiger partial charge in [0.2, 0.25) is 30.1 Å². The van der Waals surface area contributed by atoms with Gasteiger partial charge >= 0.3 is 6.09 Å². The zero-order valence-corrected chi connectivity index (χ0v) is 71.7. The summed E-state index contributed by atoms with van der Waals surface area (Å²) in [7, 11) is -6.60. The number of fused-ring (bicyclic) bond motifs is 43. The number of ether oxygens (including phenoxy) is 8. The van der Waals surface area contributed by atoms with Gasteiger partial charge in [0.25, 0.3) is 17.7 Å². The van der Waals surface area contributed by atoms with Crippen molar-refractivity contribution in [2.24, 2.45) is 0 Å². The lowest BCUT2D eigenvalue weighted by atomic mass is 10.1. The molecule has 121 heavy (non-hydrogen) atoms. The number of rotatable bonds is 0. The second kappa shape index (κ2) is 44.7. The number of amides is 4. The van der Waals surface area contributed by atoms with Crippen molar-refractivity contribution in [2.45, 2.75) is 93.3 Å². The normalized spacial score (nSPS) is 17.6. The number of halogens is 1. The second-order valence-electron chi connectivity index (χ2n) is 28.9. The van der Waals surface area contributed by atoms with E-state index in [0.717, 1.165) is 42.4 Å². The first-order valence-corrected chi connectivity index (χ1v) is 43.1. The summed E-state index contributed by atoms with van der Waals surface area (Å²) in [4.78, 5) is 79.6. The number of aryl methyl sites for hydroxylation is 1. The third-order valence-electron chi connectivity index (χ3n) is 18.7. The Morgan fingerprint density at radius 3 is 1.26 bits per heavy atom.